The highest BCUT2D eigenvalue weighted by atomic mass is 32.1. The van der Waals surface area contributed by atoms with Crippen molar-refractivity contribution in [2.75, 3.05) is 0 Å². The normalized spacial score (nSPS) is 20.4. The Balaban J connectivity index is 2.15. The van der Waals surface area contributed by atoms with Gasteiger partial charge in [0.2, 0.25) is 0 Å². The molecule has 1 nitrogen and oxygen atoms in total. The molecule has 0 saturated carbocycles. The maximum Gasteiger partial charge on any atom is 0.0444 e. The molecule has 3 rings (SSSR count). The van der Waals surface area contributed by atoms with Crippen LogP contribution in [0.15, 0.2) is 41.4 Å². The van der Waals surface area contributed by atoms with Crippen LogP contribution in [0, 0.1) is 0 Å². The summed E-state index contributed by atoms with van der Waals surface area (Å²) in [5.74, 6) is 0. The van der Waals surface area contributed by atoms with E-state index in [1.54, 1.807) is 11.3 Å². The van der Waals surface area contributed by atoms with Crippen LogP contribution in [0.4, 0.5) is 0 Å². The lowest BCUT2D eigenvalue weighted by atomic mass is 9.75. The Labute approximate surface area is 125 Å². The van der Waals surface area contributed by atoms with Gasteiger partial charge in [0.05, 0.1) is 0 Å². The minimum atomic E-state index is 0.0794. The van der Waals surface area contributed by atoms with Gasteiger partial charge in [-0.05, 0) is 49.3 Å². The standard InChI is InChI=1S/C18H21NS/c1-13-7-4-5-8-16-15(18(13,2)3)11-14(12-19-16)17-9-6-10-20-17/h6-7,9-12H,4-5,8H2,1-3H3/b13-7+. The summed E-state index contributed by atoms with van der Waals surface area (Å²) in [6.07, 6.45) is 7.91. The molecule has 0 fully saturated rings. The summed E-state index contributed by atoms with van der Waals surface area (Å²) in [5, 5.41) is 2.13. The zero-order chi connectivity index (χ0) is 14.2. The van der Waals surface area contributed by atoms with Gasteiger partial charge in [-0.25, -0.2) is 0 Å². The zero-order valence-corrected chi connectivity index (χ0v) is 13.3. The predicted octanol–water partition coefficient (Wildman–Crippen LogP) is 5.37. The molecule has 0 spiro atoms. The van der Waals surface area contributed by atoms with Crippen LogP contribution in [0.3, 0.4) is 0 Å². The third kappa shape index (κ3) is 2.33. The summed E-state index contributed by atoms with van der Waals surface area (Å²) in [7, 11) is 0. The van der Waals surface area contributed by atoms with Crippen molar-refractivity contribution in [3.8, 4) is 10.4 Å². The Morgan fingerprint density at radius 3 is 2.90 bits per heavy atom. The molecule has 1 aliphatic carbocycles. The number of aromatic nitrogens is 1. The summed E-state index contributed by atoms with van der Waals surface area (Å²) in [5.41, 5.74) is 5.47. The maximum atomic E-state index is 4.79. The molecule has 1 aliphatic rings. The van der Waals surface area contributed by atoms with Gasteiger partial charge >= 0.3 is 0 Å². The number of thiophene rings is 1. The molecule has 2 heterocycles. The monoisotopic (exact) mass is 283 g/mol. The van der Waals surface area contributed by atoms with E-state index in [1.165, 1.54) is 40.1 Å². The molecule has 2 aromatic heterocycles. The molecule has 0 radical (unpaired) electrons. The van der Waals surface area contributed by atoms with Crippen LogP contribution < -0.4 is 0 Å². The zero-order valence-electron chi connectivity index (χ0n) is 12.4. The van der Waals surface area contributed by atoms with Crippen LogP contribution >= 0.6 is 11.3 Å². The minimum Gasteiger partial charge on any atom is -0.260 e. The topological polar surface area (TPSA) is 12.9 Å². The van der Waals surface area contributed by atoms with Gasteiger partial charge in [0.15, 0.2) is 0 Å². The van der Waals surface area contributed by atoms with Gasteiger partial charge in [0, 0.05) is 27.7 Å². The van der Waals surface area contributed by atoms with Gasteiger partial charge in [-0.15, -0.1) is 11.3 Å². The Hall–Kier alpha value is -1.41. The summed E-state index contributed by atoms with van der Waals surface area (Å²) < 4.78 is 0. The van der Waals surface area contributed by atoms with Gasteiger partial charge in [-0.2, -0.15) is 0 Å². The van der Waals surface area contributed by atoms with E-state index >= 15 is 0 Å². The smallest absolute Gasteiger partial charge is 0.0444 e. The first-order valence-electron chi connectivity index (χ1n) is 7.29. The fraction of sp³-hybridized carbons (Fsp3) is 0.389. The highest BCUT2D eigenvalue weighted by Crippen LogP contribution is 2.37. The Morgan fingerprint density at radius 1 is 1.30 bits per heavy atom. The summed E-state index contributed by atoms with van der Waals surface area (Å²) in [6, 6.07) is 6.64. The van der Waals surface area contributed by atoms with Crippen LogP contribution in [0.1, 0.15) is 44.9 Å². The number of hydrogen-bond acceptors (Lipinski definition) is 2. The predicted molar refractivity (Wildman–Crippen MR) is 87.3 cm³/mol. The Kier molecular flexibility index (Phi) is 3.51. The molecule has 0 aliphatic heterocycles. The molecule has 20 heavy (non-hydrogen) atoms. The third-order valence-electron chi connectivity index (χ3n) is 4.50. The third-order valence-corrected chi connectivity index (χ3v) is 5.42. The molecule has 0 N–H and O–H groups in total. The van der Waals surface area contributed by atoms with E-state index in [1.807, 2.05) is 6.20 Å². The van der Waals surface area contributed by atoms with Gasteiger partial charge in [0.25, 0.3) is 0 Å². The second-order valence-corrected chi connectivity index (χ2v) is 7.05. The number of hydrogen-bond donors (Lipinski definition) is 0. The first kappa shape index (κ1) is 13.6. The Bertz CT molecular complexity index is 635. The van der Waals surface area contributed by atoms with Crippen molar-refractivity contribution in [1.29, 1.82) is 0 Å². The van der Waals surface area contributed by atoms with E-state index in [0.717, 1.165) is 6.42 Å². The van der Waals surface area contributed by atoms with E-state index in [-0.39, 0.29) is 5.41 Å². The Morgan fingerprint density at radius 2 is 2.15 bits per heavy atom. The SMILES string of the molecule is C/C1=C\CCCc2ncc(-c3cccs3)cc2C1(C)C. The maximum absolute atomic E-state index is 4.79. The number of fused-ring (bicyclic) bond motifs is 1. The fourth-order valence-corrected chi connectivity index (χ4v) is 3.58. The van der Waals surface area contributed by atoms with Crippen molar-refractivity contribution in [2.24, 2.45) is 0 Å². The van der Waals surface area contributed by atoms with E-state index < -0.39 is 0 Å². The molecule has 2 heteroatoms. The van der Waals surface area contributed by atoms with Gasteiger partial charge in [-0.1, -0.05) is 31.6 Å². The lowest BCUT2D eigenvalue weighted by Gasteiger charge is -2.30. The van der Waals surface area contributed by atoms with Gasteiger partial charge in [-0.3, -0.25) is 4.98 Å². The number of pyridine rings is 1. The molecular formula is C18H21NS. The van der Waals surface area contributed by atoms with Crippen molar-refractivity contribution in [1.82, 2.24) is 4.98 Å². The first-order chi connectivity index (χ1) is 9.59. The number of allylic oxidation sites excluding steroid dienone is 2. The minimum absolute atomic E-state index is 0.0794. The largest absolute Gasteiger partial charge is 0.260 e. The molecule has 0 atom stereocenters. The van der Waals surface area contributed by atoms with Crippen LogP contribution in [0.25, 0.3) is 10.4 Å². The lowest BCUT2D eigenvalue weighted by molar-refractivity contribution is 0.590. The quantitative estimate of drug-likeness (QED) is 0.641. The highest BCUT2D eigenvalue weighted by Gasteiger charge is 2.27. The second kappa shape index (κ2) is 5.17. The van der Waals surface area contributed by atoms with E-state index in [4.69, 9.17) is 4.98 Å². The molecular weight excluding hydrogens is 262 g/mol. The van der Waals surface area contributed by atoms with Gasteiger partial charge in [0.1, 0.15) is 0 Å². The average molecular weight is 283 g/mol. The molecule has 0 aromatic carbocycles. The number of aryl methyl sites for hydroxylation is 1. The van der Waals surface area contributed by atoms with Crippen molar-refractivity contribution in [2.45, 2.75) is 45.4 Å². The van der Waals surface area contributed by atoms with E-state index in [9.17, 15) is 0 Å². The van der Waals surface area contributed by atoms with Crippen molar-refractivity contribution in [3.63, 3.8) is 0 Å². The summed E-state index contributed by atoms with van der Waals surface area (Å²) in [6.45, 7) is 6.90. The van der Waals surface area contributed by atoms with Crippen LogP contribution in [0.2, 0.25) is 0 Å². The van der Waals surface area contributed by atoms with Gasteiger partial charge < -0.3 is 0 Å². The van der Waals surface area contributed by atoms with Crippen molar-refractivity contribution in [3.05, 3.63) is 52.7 Å². The van der Waals surface area contributed by atoms with Crippen LogP contribution in [-0.2, 0) is 11.8 Å². The van der Waals surface area contributed by atoms with Crippen LogP contribution in [-0.4, -0.2) is 4.98 Å². The molecule has 0 amide bonds. The lowest BCUT2D eigenvalue weighted by Crippen LogP contribution is -2.23. The molecule has 104 valence electrons. The number of nitrogens with zero attached hydrogens (tertiary/aromatic N) is 1. The fourth-order valence-electron chi connectivity index (χ4n) is 2.87. The molecule has 0 unspecified atom stereocenters. The molecule has 0 saturated heterocycles. The van der Waals surface area contributed by atoms with Crippen molar-refractivity contribution >= 4 is 11.3 Å². The molecule has 0 bridgehead atoms. The second-order valence-electron chi connectivity index (χ2n) is 6.10. The summed E-state index contributed by atoms with van der Waals surface area (Å²) >= 11 is 1.78. The van der Waals surface area contributed by atoms with Crippen LogP contribution in [0.5, 0.6) is 0 Å². The highest BCUT2D eigenvalue weighted by molar-refractivity contribution is 7.13. The first-order valence-corrected chi connectivity index (χ1v) is 8.17. The number of rotatable bonds is 1. The van der Waals surface area contributed by atoms with E-state index in [0.29, 0.717) is 0 Å². The average Bonchev–Trinajstić information content (AvgIpc) is 2.96. The summed E-state index contributed by atoms with van der Waals surface area (Å²) in [4.78, 5) is 6.09. The molecule has 2 aromatic rings. The van der Waals surface area contributed by atoms with Crippen molar-refractivity contribution < 1.29 is 0 Å². The van der Waals surface area contributed by atoms with E-state index in [2.05, 4.69) is 50.4 Å².